The highest BCUT2D eigenvalue weighted by molar-refractivity contribution is 6.33. The Morgan fingerprint density at radius 2 is 1.61 bits per heavy atom. The molecular formula is C36H30Cl2F4N4O5. The molecule has 1 aromatic heterocycles. The fourth-order valence-corrected chi connectivity index (χ4v) is 9.01. The molecular weight excluding hydrogens is 715 g/mol. The van der Waals surface area contributed by atoms with E-state index >= 15 is 0 Å². The topological polar surface area (TPSA) is 111 Å². The van der Waals surface area contributed by atoms with Gasteiger partial charge in [-0.05, 0) is 86.6 Å². The minimum atomic E-state index is -4.82. The number of nitrogens with zero attached hydrogens (tertiary/aromatic N) is 4. The average molecular weight is 746 g/mol. The fourth-order valence-electron chi connectivity index (χ4n) is 8.61. The van der Waals surface area contributed by atoms with E-state index in [2.05, 4.69) is 4.98 Å². The summed E-state index contributed by atoms with van der Waals surface area (Å²) in [5, 5.41) is 11.8. The third-order valence-electron chi connectivity index (χ3n) is 11.0. The van der Waals surface area contributed by atoms with Gasteiger partial charge in [-0.3, -0.25) is 24.2 Å². The highest BCUT2D eigenvalue weighted by Crippen LogP contribution is 2.64. The van der Waals surface area contributed by atoms with Crippen LogP contribution >= 0.6 is 23.2 Å². The zero-order chi connectivity index (χ0) is 37.1. The van der Waals surface area contributed by atoms with Crippen molar-refractivity contribution in [2.45, 2.75) is 45.7 Å². The van der Waals surface area contributed by atoms with Gasteiger partial charge in [-0.1, -0.05) is 47.0 Å². The van der Waals surface area contributed by atoms with E-state index in [9.17, 15) is 41.8 Å². The molecule has 51 heavy (non-hydrogen) atoms. The summed E-state index contributed by atoms with van der Waals surface area (Å²) >= 11 is 12.3. The Kier molecular flexibility index (Phi) is 8.07. The Morgan fingerprint density at radius 3 is 2.24 bits per heavy atom. The normalized spacial score (nSPS) is 27.4. The van der Waals surface area contributed by atoms with Crippen LogP contribution in [0.4, 0.5) is 29.1 Å². The molecule has 2 aliphatic heterocycles. The zero-order valence-corrected chi connectivity index (χ0v) is 29.1. The van der Waals surface area contributed by atoms with Gasteiger partial charge in [0.05, 0.1) is 38.9 Å². The predicted molar refractivity (Wildman–Crippen MR) is 178 cm³/mol. The van der Waals surface area contributed by atoms with E-state index in [1.165, 1.54) is 19.2 Å². The molecule has 0 spiro atoms. The van der Waals surface area contributed by atoms with Crippen LogP contribution in [0.5, 0.6) is 5.75 Å². The van der Waals surface area contributed by atoms with Gasteiger partial charge < -0.3 is 5.11 Å². The van der Waals surface area contributed by atoms with E-state index in [1.807, 2.05) is 6.08 Å². The average Bonchev–Trinajstić information content (AvgIpc) is 3.43. The zero-order valence-electron chi connectivity index (χ0n) is 27.6. The number of benzene rings is 2. The van der Waals surface area contributed by atoms with Crippen LogP contribution in [0.3, 0.4) is 0 Å². The molecule has 4 amide bonds. The number of aromatic nitrogens is 1. The first-order valence-corrected chi connectivity index (χ1v) is 16.8. The van der Waals surface area contributed by atoms with Crippen LogP contribution in [-0.2, 0) is 25.4 Å². The Morgan fingerprint density at radius 1 is 0.941 bits per heavy atom. The van der Waals surface area contributed by atoms with E-state index in [4.69, 9.17) is 23.2 Å². The summed E-state index contributed by atoms with van der Waals surface area (Å²) in [7, 11) is 1.23. The Hall–Kier alpha value is -4.49. The lowest BCUT2D eigenvalue weighted by molar-refractivity contribution is -0.141. The van der Waals surface area contributed by atoms with E-state index in [0.717, 1.165) is 27.1 Å². The number of allylic oxidation sites excluding steroid dienone is 2. The van der Waals surface area contributed by atoms with Crippen molar-refractivity contribution in [1.29, 1.82) is 0 Å². The molecule has 1 N–H and O–H groups in total. The highest BCUT2D eigenvalue weighted by atomic mass is 35.5. The molecule has 6 atom stereocenters. The minimum absolute atomic E-state index is 0.00874. The van der Waals surface area contributed by atoms with Crippen molar-refractivity contribution < 1.29 is 41.8 Å². The molecule has 0 radical (unpaired) electrons. The van der Waals surface area contributed by atoms with Crippen LogP contribution in [0.1, 0.15) is 48.1 Å². The number of hydrogen-bond acceptors (Lipinski definition) is 7. The Labute approximate surface area is 299 Å². The van der Waals surface area contributed by atoms with Gasteiger partial charge in [0.2, 0.25) is 11.8 Å². The third kappa shape index (κ3) is 5.06. The largest absolute Gasteiger partial charge is 0.507 e. The van der Waals surface area contributed by atoms with Gasteiger partial charge in [-0.25, -0.2) is 14.3 Å². The third-order valence-corrected chi connectivity index (χ3v) is 11.6. The lowest BCUT2D eigenvalue weighted by Crippen LogP contribution is -2.49. The van der Waals surface area contributed by atoms with Crippen molar-refractivity contribution in [2.75, 3.05) is 17.0 Å². The smallest absolute Gasteiger partial charge is 0.433 e. The van der Waals surface area contributed by atoms with E-state index in [1.54, 1.807) is 32.9 Å². The second-order valence-corrected chi connectivity index (χ2v) is 14.6. The van der Waals surface area contributed by atoms with Crippen molar-refractivity contribution in [3.8, 4) is 5.75 Å². The molecule has 2 aromatic carbocycles. The van der Waals surface area contributed by atoms with Crippen molar-refractivity contribution in [3.63, 3.8) is 0 Å². The van der Waals surface area contributed by atoms with Gasteiger partial charge in [-0.15, -0.1) is 0 Å². The van der Waals surface area contributed by atoms with Gasteiger partial charge in [0, 0.05) is 13.0 Å². The number of halogens is 6. The highest BCUT2D eigenvalue weighted by Gasteiger charge is 2.68. The van der Waals surface area contributed by atoms with Crippen LogP contribution in [0.25, 0.3) is 0 Å². The molecule has 15 heteroatoms. The number of carbonyl (C=O) groups is 4. The molecule has 3 fully saturated rings. The maximum absolute atomic E-state index is 14.6. The lowest BCUT2D eigenvalue weighted by atomic mass is 9.51. The summed E-state index contributed by atoms with van der Waals surface area (Å²) in [4.78, 5) is 61.9. The van der Waals surface area contributed by atoms with Crippen LogP contribution in [-0.4, -0.2) is 45.8 Å². The molecule has 4 aliphatic rings. The standard InChI is InChI=1S/C36H30Cl2F4N4O5/c1-15-11-17(12-16(2)29(15)47)28-19-6-7-20-27(33(50)46(31(20)48)44(4)30-23(37)8-10-26(43-30)36(40,41)42)21(19)14-22-32(49)45(34(51)35(22,28)3)18-5-9-25(39)24(38)13-18/h5-6,8-13,20-22,27-28,47H,7,14H2,1-4H3/t20-,21+,22-,27-,28-,35+/m0/s1. The molecule has 2 saturated heterocycles. The van der Waals surface area contributed by atoms with Crippen LogP contribution in [0.2, 0.25) is 10.0 Å². The van der Waals surface area contributed by atoms with Gasteiger partial charge >= 0.3 is 6.18 Å². The lowest BCUT2D eigenvalue weighted by Gasteiger charge is -2.49. The Balaban J connectivity index is 1.34. The number of fused-ring (bicyclic) bond motifs is 4. The number of alkyl halides is 3. The molecule has 1 saturated carbocycles. The summed E-state index contributed by atoms with van der Waals surface area (Å²) in [6.07, 6.45) is -2.94. The number of amides is 4. The van der Waals surface area contributed by atoms with Crippen molar-refractivity contribution in [2.24, 2.45) is 29.1 Å². The van der Waals surface area contributed by atoms with Crippen molar-refractivity contribution in [3.05, 3.63) is 92.4 Å². The fraction of sp³-hybridized carbons (Fsp3) is 0.361. The number of hydrogen-bond donors (Lipinski definition) is 1. The van der Waals surface area contributed by atoms with Crippen molar-refractivity contribution in [1.82, 2.24) is 9.99 Å². The van der Waals surface area contributed by atoms with E-state index in [0.29, 0.717) is 28.3 Å². The van der Waals surface area contributed by atoms with Gasteiger partial charge in [-0.2, -0.15) is 18.2 Å². The summed E-state index contributed by atoms with van der Waals surface area (Å²) in [5.74, 6) is -8.17. The van der Waals surface area contributed by atoms with Gasteiger partial charge in [0.15, 0.2) is 5.82 Å². The monoisotopic (exact) mass is 744 g/mol. The van der Waals surface area contributed by atoms with E-state index in [-0.39, 0.29) is 34.3 Å². The SMILES string of the molecule is Cc1cc([C@H]2C3=CC[C@@H]4C(=O)N(N(C)c5nc(C(F)(F)F)ccc5Cl)C(=O)[C@@H]4[C@@H]3C[C@H]3C(=O)N(c4ccc(F)c(Cl)c4)C(=O)[C@@]23C)cc(C)c1O. The first kappa shape index (κ1) is 34.9. The maximum atomic E-state index is 14.6. The molecule has 266 valence electrons. The van der Waals surface area contributed by atoms with E-state index < -0.39 is 82.1 Å². The van der Waals surface area contributed by atoms with Crippen LogP contribution < -0.4 is 9.91 Å². The molecule has 3 heterocycles. The number of anilines is 2. The number of hydrazine groups is 1. The minimum Gasteiger partial charge on any atom is -0.507 e. The second kappa shape index (κ2) is 11.8. The maximum Gasteiger partial charge on any atom is 0.433 e. The number of rotatable bonds is 4. The number of carbonyl (C=O) groups excluding carboxylic acids is 4. The Bertz CT molecular complexity index is 2080. The van der Waals surface area contributed by atoms with Crippen molar-refractivity contribution >= 4 is 58.3 Å². The quantitative estimate of drug-likeness (QED) is 0.172. The van der Waals surface area contributed by atoms with Gasteiger partial charge in [0.25, 0.3) is 11.8 Å². The summed E-state index contributed by atoms with van der Waals surface area (Å²) in [6, 6.07) is 8.66. The molecule has 3 aromatic rings. The summed E-state index contributed by atoms with van der Waals surface area (Å²) < 4.78 is 54.9. The number of aromatic hydroxyl groups is 1. The summed E-state index contributed by atoms with van der Waals surface area (Å²) in [6.45, 7) is 5.08. The molecule has 0 bridgehead atoms. The number of pyridine rings is 1. The second-order valence-electron chi connectivity index (χ2n) is 13.8. The number of imide groups is 2. The first-order valence-electron chi connectivity index (χ1n) is 16.1. The molecule has 0 unspecified atom stereocenters. The summed E-state index contributed by atoms with van der Waals surface area (Å²) in [5.41, 5.74) is -0.308. The number of aryl methyl sites for hydroxylation is 2. The predicted octanol–water partition coefficient (Wildman–Crippen LogP) is 7.15. The number of phenolic OH excluding ortho intramolecular Hbond substituents is 1. The first-order chi connectivity index (χ1) is 23.9. The molecule has 2 aliphatic carbocycles. The van der Waals surface area contributed by atoms with Crippen LogP contribution in [0.15, 0.2) is 54.1 Å². The molecule has 7 rings (SSSR count). The number of phenols is 1. The molecule has 9 nitrogen and oxygen atoms in total. The van der Waals surface area contributed by atoms with Gasteiger partial charge in [0.1, 0.15) is 17.3 Å². The van der Waals surface area contributed by atoms with Crippen LogP contribution in [0, 0.1) is 48.8 Å².